The topological polar surface area (TPSA) is 42.4 Å². The van der Waals surface area contributed by atoms with Crippen LogP contribution >= 0.6 is 11.3 Å². The van der Waals surface area contributed by atoms with Gasteiger partial charge in [-0.3, -0.25) is 4.79 Å². The maximum Gasteiger partial charge on any atom is 0.222 e. The first-order valence-electron chi connectivity index (χ1n) is 8.82. The van der Waals surface area contributed by atoms with E-state index in [1.165, 1.54) is 4.70 Å². The minimum Gasteiger partial charge on any atom is -0.497 e. The van der Waals surface area contributed by atoms with Gasteiger partial charge in [0.05, 0.1) is 28.4 Å². The second kappa shape index (κ2) is 8.32. The molecule has 3 aromatic rings. The van der Waals surface area contributed by atoms with Crippen LogP contribution in [0.5, 0.6) is 5.75 Å². The molecule has 0 aliphatic carbocycles. The Hall–Kier alpha value is -2.40. The SMILES string of the molecule is COc1ccc(C(C)N(C)C(=O)CCCc2nc3ccccc3s2)cc1. The minimum atomic E-state index is 0.0378. The molecule has 0 saturated heterocycles. The number of benzene rings is 2. The molecule has 26 heavy (non-hydrogen) atoms. The van der Waals surface area contributed by atoms with Gasteiger partial charge < -0.3 is 9.64 Å². The predicted octanol–water partition coefficient (Wildman–Crippen LogP) is 4.85. The number of carbonyl (C=O) groups is 1. The van der Waals surface area contributed by atoms with Crippen LogP contribution in [0.15, 0.2) is 48.5 Å². The lowest BCUT2D eigenvalue weighted by Gasteiger charge is -2.25. The summed E-state index contributed by atoms with van der Waals surface area (Å²) in [5, 5.41) is 1.10. The molecule has 1 unspecified atom stereocenters. The van der Waals surface area contributed by atoms with Gasteiger partial charge in [-0.15, -0.1) is 11.3 Å². The van der Waals surface area contributed by atoms with E-state index in [1.807, 2.05) is 61.3 Å². The van der Waals surface area contributed by atoms with Crippen molar-refractivity contribution in [2.24, 2.45) is 0 Å². The maximum absolute atomic E-state index is 12.5. The number of ether oxygens (including phenoxy) is 1. The molecule has 3 rings (SSSR count). The third-order valence-electron chi connectivity index (χ3n) is 4.69. The van der Waals surface area contributed by atoms with Gasteiger partial charge in [-0.25, -0.2) is 4.98 Å². The lowest BCUT2D eigenvalue weighted by Crippen LogP contribution is -2.29. The van der Waals surface area contributed by atoms with Gasteiger partial charge in [0, 0.05) is 13.5 Å². The number of para-hydroxylation sites is 1. The summed E-state index contributed by atoms with van der Waals surface area (Å²) in [6.45, 7) is 2.05. The van der Waals surface area contributed by atoms with E-state index in [-0.39, 0.29) is 11.9 Å². The number of fused-ring (bicyclic) bond motifs is 1. The fourth-order valence-electron chi connectivity index (χ4n) is 2.92. The number of aryl methyl sites for hydroxylation is 1. The van der Waals surface area contributed by atoms with Gasteiger partial charge >= 0.3 is 0 Å². The van der Waals surface area contributed by atoms with Crippen LogP contribution < -0.4 is 4.74 Å². The zero-order chi connectivity index (χ0) is 18.5. The molecular weight excluding hydrogens is 344 g/mol. The van der Waals surface area contributed by atoms with Crippen molar-refractivity contribution in [3.05, 3.63) is 59.1 Å². The Bertz CT molecular complexity index is 840. The highest BCUT2D eigenvalue weighted by atomic mass is 32.1. The van der Waals surface area contributed by atoms with Gasteiger partial charge in [0.15, 0.2) is 0 Å². The molecule has 1 atom stereocenters. The molecule has 0 bridgehead atoms. The number of aromatic nitrogens is 1. The summed E-state index contributed by atoms with van der Waals surface area (Å²) in [6.07, 6.45) is 2.20. The van der Waals surface area contributed by atoms with E-state index in [0.717, 1.165) is 34.7 Å². The fourth-order valence-corrected chi connectivity index (χ4v) is 3.93. The zero-order valence-corrected chi connectivity index (χ0v) is 16.3. The number of thiazole rings is 1. The minimum absolute atomic E-state index is 0.0378. The Morgan fingerprint density at radius 1 is 1.19 bits per heavy atom. The van der Waals surface area contributed by atoms with Gasteiger partial charge in [-0.2, -0.15) is 0 Å². The molecule has 5 heteroatoms. The molecule has 0 aliphatic heterocycles. The lowest BCUT2D eigenvalue weighted by molar-refractivity contribution is -0.131. The van der Waals surface area contributed by atoms with E-state index >= 15 is 0 Å². The summed E-state index contributed by atoms with van der Waals surface area (Å²) in [4.78, 5) is 19.0. The number of hydrogen-bond donors (Lipinski definition) is 0. The van der Waals surface area contributed by atoms with Crippen LogP contribution in [0.25, 0.3) is 10.2 Å². The summed E-state index contributed by atoms with van der Waals surface area (Å²) < 4.78 is 6.40. The number of nitrogens with zero attached hydrogens (tertiary/aromatic N) is 2. The molecule has 0 N–H and O–H groups in total. The third-order valence-corrected chi connectivity index (χ3v) is 5.79. The first-order valence-corrected chi connectivity index (χ1v) is 9.64. The molecule has 4 nitrogen and oxygen atoms in total. The van der Waals surface area contributed by atoms with Crippen molar-refractivity contribution in [3.8, 4) is 5.75 Å². The van der Waals surface area contributed by atoms with Crippen LogP contribution in [0.4, 0.5) is 0 Å². The highest BCUT2D eigenvalue weighted by Crippen LogP contribution is 2.24. The molecule has 1 amide bonds. The standard InChI is InChI=1S/C21H24N2O2S/c1-15(16-11-13-17(25-3)14-12-16)23(2)21(24)10-6-9-20-22-18-7-4-5-8-19(18)26-20/h4-5,7-8,11-15H,6,9-10H2,1-3H3. The molecule has 136 valence electrons. The molecular formula is C21H24N2O2S. The number of methoxy groups -OCH3 is 1. The van der Waals surface area contributed by atoms with Crippen LogP contribution in [0.3, 0.4) is 0 Å². The van der Waals surface area contributed by atoms with Crippen molar-refractivity contribution in [3.63, 3.8) is 0 Å². The van der Waals surface area contributed by atoms with Crippen molar-refractivity contribution in [2.45, 2.75) is 32.2 Å². The Balaban J connectivity index is 1.53. The average Bonchev–Trinajstić information content (AvgIpc) is 3.09. The number of rotatable bonds is 7. The van der Waals surface area contributed by atoms with Gasteiger partial charge in [0.25, 0.3) is 0 Å². The Morgan fingerprint density at radius 2 is 1.92 bits per heavy atom. The van der Waals surface area contributed by atoms with Crippen LogP contribution in [0.2, 0.25) is 0 Å². The second-order valence-electron chi connectivity index (χ2n) is 6.38. The highest BCUT2D eigenvalue weighted by molar-refractivity contribution is 7.18. The van der Waals surface area contributed by atoms with Crippen molar-refractivity contribution in [1.82, 2.24) is 9.88 Å². The van der Waals surface area contributed by atoms with Gasteiger partial charge in [-0.05, 0) is 49.6 Å². The molecule has 1 aromatic heterocycles. The van der Waals surface area contributed by atoms with E-state index in [9.17, 15) is 4.79 Å². The first kappa shape index (κ1) is 18.4. The van der Waals surface area contributed by atoms with E-state index in [1.54, 1.807) is 18.4 Å². The predicted molar refractivity (Wildman–Crippen MR) is 107 cm³/mol. The summed E-state index contributed by atoms with van der Waals surface area (Å²) in [5.41, 5.74) is 2.15. The highest BCUT2D eigenvalue weighted by Gasteiger charge is 2.17. The maximum atomic E-state index is 12.5. The molecule has 2 aromatic carbocycles. The number of amides is 1. The monoisotopic (exact) mass is 368 g/mol. The Morgan fingerprint density at radius 3 is 2.62 bits per heavy atom. The van der Waals surface area contributed by atoms with Crippen molar-refractivity contribution in [1.29, 1.82) is 0 Å². The molecule has 0 saturated carbocycles. The number of carbonyl (C=O) groups excluding carboxylic acids is 1. The van der Waals surface area contributed by atoms with Crippen LogP contribution in [-0.4, -0.2) is 29.9 Å². The molecule has 0 aliphatic rings. The van der Waals surface area contributed by atoms with E-state index < -0.39 is 0 Å². The van der Waals surface area contributed by atoms with Gasteiger partial charge in [-0.1, -0.05) is 24.3 Å². The van der Waals surface area contributed by atoms with E-state index in [4.69, 9.17) is 4.74 Å². The molecule has 0 fully saturated rings. The van der Waals surface area contributed by atoms with Crippen LogP contribution in [0, 0.1) is 0 Å². The van der Waals surface area contributed by atoms with Crippen molar-refractivity contribution < 1.29 is 9.53 Å². The van der Waals surface area contributed by atoms with Crippen LogP contribution in [0.1, 0.15) is 36.4 Å². The number of hydrogen-bond acceptors (Lipinski definition) is 4. The Kier molecular flexibility index (Phi) is 5.89. The van der Waals surface area contributed by atoms with Crippen LogP contribution in [-0.2, 0) is 11.2 Å². The smallest absolute Gasteiger partial charge is 0.222 e. The third kappa shape index (κ3) is 4.22. The largest absolute Gasteiger partial charge is 0.497 e. The quantitative estimate of drug-likeness (QED) is 0.599. The van der Waals surface area contributed by atoms with Gasteiger partial charge in [0.2, 0.25) is 5.91 Å². The normalized spacial score (nSPS) is 12.1. The molecule has 1 heterocycles. The first-order chi connectivity index (χ1) is 12.6. The molecule has 0 spiro atoms. The Labute approximate surface area is 158 Å². The summed E-state index contributed by atoms with van der Waals surface area (Å²) in [6, 6.07) is 16.1. The van der Waals surface area contributed by atoms with Crippen molar-refractivity contribution in [2.75, 3.05) is 14.2 Å². The average molecular weight is 369 g/mol. The van der Waals surface area contributed by atoms with E-state index in [0.29, 0.717) is 6.42 Å². The molecule has 0 radical (unpaired) electrons. The summed E-state index contributed by atoms with van der Waals surface area (Å²) in [5.74, 6) is 0.986. The summed E-state index contributed by atoms with van der Waals surface area (Å²) >= 11 is 1.72. The van der Waals surface area contributed by atoms with E-state index in [2.05, 4.69) is 11.1 Å². The van der Waals surface area contributed by atoms with Crippen molar-refractivity contribution >= 4 is 27.5 Å². The summed E-state index contributed by atoms with van der Waals surface area (Å²) in [7, 11) is 3.52. The zero-order valence-electron chi connectivity index (χ0n) is 15.4. The van der Waals surface area contributed by atoms with Gasteiger partial charge in [0.1, 0.15) is 5.75 Å². The lowest BCUT2D eigenvalue weighted by atomic mass is 10.1. The second-order valence-corrected chi connectivity index (χ2v) is 7.50. The fraction of sp³-hybridized carbons (Fsp3) is 0.333.